The van der Waals surface area contributed by atoms with Crippen LogP contribution in [-0.2, 0) is 21.3 Å². The summed E-state index contributed by atoms with van der Waals surface area (Å²) in [5.41, 5.74) is 0. The summed E-state index contributed by atoms with van der Waals surface area (Å²) in [7, 11) is -3.45. The molecule has 1 aromatic rings. The molecule has 7 heteroatoms. The van der Waals surface area contributed by atoms with E-state index in [4.69, 9.17) is 4.74 Å². The molecule has 0 radical (unpaired) electrons. The van der Waals surface area contributed by atoms with Gasteiger partial charge in [-0.25, -0.2) is 13.1 Å². The second-order valence-electron chi connectivity index (χ2n) is 5.39. The maximum absolute atomic E-state index is 12.4. The van der Waals surface area contributed by atoms with Crippen molar-refractivity contribution in [2.24, 2.45) is 0 Å². The van der Waals surface area contributed by atoms with Crippen molar-refractivity contribution in [3.63, 3.8) is 0 Å². The monoisotopic (exact) mass is 332 g/mol. The molecule has 0 aromatic carbocycles. The van der Waals surface area contributed by atoms with E-state index in [-0.39, 0.29) is 12.1 Å². The molecule has 0 amide bonds. The van der Waals surface area contributed by atoms with E-state index in [2.05, 4.69) is 17.0 Å². The molecule has 2 N–H and O–H groups in total. The highest BCUT2D eigenvalue weighted by Gasteiger charge is 2.27. The molecule has 2 unspecified atom stereocenters. The minimum Gasteiger partial charge on any atom is -0.377 e. The summed E-state index contributed by atoms with van der Waals surface area (Å²) < 4.78 is 33.0. The largest absolute Gasteiger partial charge is 0.377 e. The van der Waals surface area contributed by atoms with Gasteiger partial charge in [0.1, 0.15) is 0 Å². The number of thiophene rings is 1. The van der Waals surface area contributed by atoms with Gasteiger partial charge in [-0.15, -0.1) is 11.3 Å². The summed E-state index contributed by atoms with van der Waals surface area (Å²) in [4.78, 5) is 1.39. The van der Waals surface area contributed by atoms with Gasteiger partial charge in [0.15, 0.2) is 0 Å². The van der Waals surface area contributed by atoms with Crippen LogP contribution in [0.2, 0.25) is 0 Å². The maximum atomic E-state index is 12.4. The number of nitrogens with one attached hydrogen (secondary N) is 2. The van der Waals surface area contributed by atoms with Crippen LogP contribution >= 0.6 is 11.3 Å². The molecular formula is C14H24N2O3S2. The molecule has 21 heavy (non-hydrogen) atoms. The molecule has 120 valence electrons. The number of ether oxygens (including phenoxy) is 1. The Morgan fingerprint density at radius 3 is 3.00 bits per heavy atom. The van der Waals surface area contributed by atoms with Gasteiger partial charge in [0.05, 0.1) is 11.0 Å². The van der Waals surface area contributed by atoms with Crippen LogP contribution in [0, 0.1) is 0 Å². The molecule has 0 saturated carbocycles. The Labute approximate surface area is 131 Å². The third-order valence-electron chi connectivity index (χ3n) is 3.53. The molecule has 1 fully saturated rings. The van der Waals surface area contributed by atoms with Crippen LogP contribution in [0.5, 0.6) is 0 Å². The molecule has 0 spiro atoms. The maximum Gasteiger partial charge on any atom is 0.241 e. The average molecular weight is 332 g/mol. The number of hydrogen-bond donors (Lipinski definition) is 2. The van der Waals surface area contributed by atoms with Gasteiger partial charge < -0.3 is 10.1 Å². The highest BCUT2D eigenvalue weighted by Crippen LogP contribution is 2.21. The Morgan fingerprint density at radius 1 is 1.52 bits per heavy atom. The van der Waals surface area contributed by atoms with Gasteiger partial charge in [0.2, 0.25) is 10.0 Å². The summed E-state index contributed by atoms with van der Waals surface area (Å²) in [5.74, 6) is 0. The van der Waals surface area contributed by atoms with Gasteiger partial charge in [-0.1, -0.05) is 6.92 Å². The predicted octanol–water partition coefficient (Wildman–Crippen LogP) is 2.09. The summed E-state index contributed by atoms with van der Waals surface area (Å²) in [6.45, 7) is 6.35. The zero-order chi connectivity index (χ0) is 15.3. The van der Waals surface area contributed by atoms with E-state index < -0.39 is 10.0 Å². The van der Waals surface area contributed by atoms with E-state index in [0.717, 1.165) is 43.8 Å². The van der Waals surface area contributed by atoms with E-state index in [9.17, 15) is 8.42 Å². The Kier molecular flexibility index (Phi) is 6.19. The predicted molar refractivity (Wildman–Crippen MR) is 85.1 cm³/mol. The van der Waals surface area contributed by atoms with E-state index in [1.54, 1.807) is 11.4 Å². The number of sulfonamides is 1. The van der Waals surface area contributed by atoms with Crippen LogP contribution in [0.15, 0.2) is 16.3 Å². The van der Waals surface area contributed by atoms with Crippen molar-refractivity contribution in [2.45, 2.75) is 56.7 Å². The third-order valence-corrected chi connectivity index (χ3v) is 6.15. The van der Waals surface area contributed by atoms with Gasteiger partial charge in [-0.2, -0.15) is 0 Å². The second-order valence-corrected chi connectivity index (χ2v) is 8.10. The summed E-state index contributed by atoms with van der Waals surface area (Å²) in [6.07, 6.45) is 2.97. The molecule has 1 aromatic heterocycles. The topological polar surface area (TPSA) is 67.4 Å². The van der Waals surface area contributed by atoms with Crippen molar-refractivity contribution in [3.05, 3.63) is 16.3 Å². The first-order valence-corrected chi connectivity index (χ1v) is 9.81. The summed E-state index contributed by atoms with van der Waals surface area (Å²) >= 11 is 1.47. The van der Waals surface area contributed by atoms with Gasteiger partial charge >= 0.3 is 0 Å². The molecule has 0 aliphatic carbocycles. The minimum atomic E-state index is -3.45. The first kappa shape index (κ1) is 16.9. The highest BCUT2D eigenvalue weighted by atomic mass is 32.2. The standard InChI is InChI=1S/C14H24N2O3S2/c1-3-6-15-9-12-8-13(10-20-12)21(17,18)16-11(2)14-5-4-7-19-14/h8,10-11,14-16H,3-7,9H2,1-2H3. The van der Waals surface area contributed by atoms with Crippen molar-refractivity contribution in [1.29, 1.82) is 0 Å². The fourth-order valence-corrected chi connectivity index (χ4v) is 4.88. The smallest absolute Gasteiger partial charge is 0.241 e. The quantitative estimate of drug-likeness (QED) is 0.715. The van der Waals surface area contributed by atoms with Gasteiger partial charge in [0.25, 0.3) is 0 Å². The molecule has 1 saturated heterocycles. The fourth-order valence-electron chi connectivity index (χ4n) is 2.37. The molecule has 2 heterocycles. The summed E-state index contributed by atoms with van der Waals surface area (Å²) in [6, 6.07) is 1.55. The third kappa shape index (κ3) is 4.75. The van der Waals surface area contributed by atoms with Crippen LogP contribution in [0.3, 0.4) is 0 Å². The molecular weight excluding hydrogens is 308 g/mol. The van der Waals surface area contributed by atoms with Crippen molar-refractivity contribution in [2.75, 3.05) is 13.2 Å². The lowest BCUT2D eigenvalue weighted by Crippen LogP contribution is -2.40. The molecule has 2 atom stereocenters. The van der Waals surface area contributed by atoms with Crippen LogP contribution in [0.1, 0.15) is 38.0 Å². The number of hydrogen-bond acceptors (Lipinski definition) is 5. The van der Waals surface area contributed by atoms with E-state index in [0.29, 0.717) is 4.90 Å². The van der Waals surface area contributed by atoms with E-state index in [1.807, 2.05) is 6.92 Å². The zero-order valence-corrected chi connectivity index (χ0v) is 14.2. The van der Waals surface area contributed by atoms with Gasteiger partial charge in [-0.3, -0.25) is 0 Å². The van der Waals surface area contributed by atoms with Crippen molar-refractivity contribution >= 4 is 21.4 Å². The Morgan fingerprint density at radius 2 is 2.33 bits per heavy atom. The lowest BCUT2D eigenvalue weighted by molar-refractivity contribution is 0.0902. The molecule has 2 rings (SSSR count). The number of rotatable bonds is 8. The van der Waals surface area contributed by atoms with Crippen LogP contribution in [0.25, 0.3) is 0 Å². The van der Waals surface area contributed by atoms with Crippen molar-refractivity contribution in [1.82, 2.24) is 10.0 Å². The Bertz CT molecular complexity index is 536. The van der Waals surface area contributed by atoms with Crippen molar-refractivity contribution < 1.29 is 13.2 Å². The Hall–Kier alpha value is -0.470. The Balaban J connectivity index is 1.95. The van der Waals surface area contributed by atoms with Gasteiger partial charge in [-0.05, 0) is 38.8 Å². The van der Waals surface area contributed by atoms with Crippen LogP contribution < -0.4 is 10.0 Å². The first-order valence-electron chi connectivity index (χ1n) is 7.45. The lowest BCUT2D eigenvalue weighted by Gasteiger charge is -2.19. The highest BCUT2D eigenvalue weighted by molar-refractivity contribution is 7.89. The normalized spacial score (nSPS) is 20.8. The zero-order valence-electron chi connectivity index (χ0n) is 12.6. The fraction of sp³-hybridized carbons (Fsp3) is 0.714. The molecule has 0 bridgehead atoms. The van der Waals surface area contributed by atoms with Crippen molar-refractivity contribution in [3.8, 4) is 0 Å². The second kappa shape index (κ2) is 7.69. The minimum absolute atomic E-state index is 0.0101. The van der Waals surface area contributed by atoms with Gasteiger partial charge in [0, 0.05) is 29.5 Å². The average Bonchev–Trinajstić information content (AvgIpc) is 3.10. The summed E-state index contributed by atoms with van der Waals surface area (Å²) in [5, 5.41) is 4.98. The van der Waals surface area contributed by atoms with Crippen LogP contribution in [0.4, 0.5) is 0 Å². The van der Waals surface area contributed by atoms with E-state index in [1.165, 1.54) is 11.3 Å². The molecule has 1 aliphatic rings. The van der Waals surface area contributed by atoms with E-state index >= 15 is 0 Å². The molecule has 5 nitrogen and oxygen atoms in total. The first-order chi connectivity index (χ1) is 10.0. The SMILES string of the molecule is CCCNCc1cc(S(=O)(=O)NC(C)C2CCCO2)cs1. The van der Waals surface area contributed by atoms with Crippen LogP contribution in [-0.4, -0.2) is 33.7 Å². The lowest BCUT2D eigenvalue weighted by atomic mass is 10.1. The molecule has 1 aliphatic heterocycles.